The van der Waals surface area contributed by atoms with E-state index < -0.39 is 28.4 Å². The molecule has 4 aromatic rings. The quantitative estimate of drug-likeness (QED) is 0.128. The molecule has 0 bridgehead atoms. The molecule has 10 heteroatoms. The zero-order chi connectivity index (χ0) is 25.6. The second-order valence-electron chi connectivity index (χ2n) is 8.22. The lowest BCUT2D eigenvalue weighted by atomic mass is 9.95. The molecule has 9 nitrogen and oxygen atoms in total. The molecule has 180 valence electrons. The number of phenols is 1. The van der Waals surface area contributed by atoms with Crippen LogP contribution in [0.2, 0.25) is 0 Å². The Morgan fingerprint density at radius 1 is 1.11 bits per heavy atom. The molecule has 0 radical (unpaired) electrons. The van der Waals surface area contributed by atoms with Crippen LogP contribution in [0.5, 0.6) is 5.75 Å². The number of carbonyl (C=O) groups excluding carboxylic acids is 2. The van der Waals surface area contributed by atoms with Gasteiger partial charge in [-0.1, -0.05) is 48.6 Å². The molecule has 0 aliphatic carbocycles. The van der Waals surface area contributed by atoms with Gasteiger partial charge in [0.05, 0.1) is 26.8 Å². The summed E-state index contributed by atoms with van der Waals surface area (Å²) in [5.74, 6) is -2.37. The van der Waals surface area contributed by atoms with Gasteiger partial charge in [0.1, 0.15) is 11.5 Å². The average molecular weight is 502 g/mol. The number of aliphatic hydroxyl groups excluding tert-OH is 1. The minimum Gasteiger partial charge on any atom is -0.508 e. The number of fused-ring (bicyclic) bond motifs is 1. The third kappa shape index (κ3) is 3.87. The van der Waals surface area contributed by atoms with E-state index >= 15 is 0 Å². The van der Waals surface area contributed by atoms with Crippen molar-refractivity contribution in [1.82, 2.24) is 4.98 Å². The first-order valence-electron chi connectivity index (χ1n) is 11.0. The molecule has 5 rings (SSSR count). The zero-order valence-corrected chi connectivity index (χ0v) is 19.7. The highest BCUT2D eigenvalue weighted by Gasteiger charge is 2.48. The summed E-state index contributed by atoms with van der Waals surface area (Å²) in [5.41, 5.74) is 1.75. The Kier molecular flexibility index (Phi) is 5.73. The molecule has 1 aliphatic rings. The van der Waals surface area contributed by atoms with Crippen LogP contribution < -0.4 is 4.90 Å². The summed E-state index contributed by atoms with van der Waals surface area (Å²) >= 11 is 1.25. The molecule has 2 N–H and O–H groups in total. The van der Waals surface area contributed by atoms with Gasteiger partial charge in [-0.15, -0.1) is 0 Å². The minimum atomic E-state index is -1.06. The van der Waals surface area contributed by atoms with Crippen molar-refractivity contribution in [3.8, 4) is 5.75 Å². The summed E-state index contributed by atoms with van der Waals surface area (Å²) in [7, 11) is 0. The van der Waals surface area contributed by atoms with E-state index in [1.807, 2.05) is 25.1 Å². The predicted molar refractivity (Wildman–Crippen MR) is 135 cm³/mol. The molecule has 1 aliphatic heterocycles. The van der Waals surface area contributed by atoms with Crippen molar-refractivity contribution in [3.63, 3.8) is 0 Å². The number of Topliss-reactive ketones (excluding diaryl/α,β-unsaturated/α-hetero) is 1. The summed E-state index contributed by atoms with van der Waals surface area (Å²) in [6, 6.07) is 15.8. The number of carbonyl (C=O) groups is 2. The van der Waals surface area contributed by atoms with Gasteiger partial charge in [-0.3, -0.25) is 24.6 Å². The van der Waals surface area contributed by atoms with Crippen LogP contribution in [0.25, 0.3) is 16.0 Å². The topological polar surface area (TPSA) is 134 Å². The number of nitro benzene ring substituents is 1. The Balaban J connectivity index is 1.72. The molecule has 1 fully saturated rings. The third-order valence-corrected chi connectivity index (χ3v) is 7.06. The number of ketones is 1. The lowest BCUT2D eigenvalue weighted by Crippen LogP contribution is -2.29. The van der Waals surface area contributed by atoms with Gasteiger partial charge < -0.3 is 10.2 Å². The Morgan fingerprint density at radius 2 is 1.86 bits per heavy atom. The molecule has 36 heavy (non-hydrogen) atoms. The molecule has 1 atom stereocenters. The SMILES string of the molecule is CCc1ccc2nc(N3C(=O)C(=O)/C(=C(/O)c4cccc([N+](=O)[O-])c4)C3c3ccc(O)cc3)sc2c1. The standard InChI is InChI=1S/C26H19N3O6S/c1-2-14-6-11-19-20(12-14)36-26(27-19)28-22(15-7-9-18(30)10-8-15)21(24(32)25(28)33)23(31)16-4-3-5-17(13-16)29(34)35/h3-13,22,30-31H,2H2,1H3/b23-21+. The van der Waals surface area contributed by atoms with Crippen molar-refractivity contribution in [1.29, 1.82) is 0 Å². The molecular weight excluding hydrogens is 482 g/mol. The van der Waals surface area contributed by atoms with E-state index in [0.717, 1.165) is 22.8 Å². The number of aryl methyl sites for hydroxylation is 1. The van der Waals surface area contributed by atoms with Gasteiger partial charge in [-0.25, -0.2) is 4.98 Å². The van der Waals surface area contributed by atoms with Crippen LogP contribution >= 0.6 is 11.3 Å². The lowest BCUT2D eigenvalue weighted by Gasteiger charge is -2.23. The van der Waals surface area contributed by atoms with Gasteiger partial charge in [0, 0.05) is 17.7 Å². The average Bonchev–Trinajstić information content (AvgIpc) is 3.41. The first-order chi connectivity index (χ1) is 17.3. The number of amides is 1. The number of rotatable bonds is 5. The van der Waals surface area contributed by atoms with Gasteiger partial charge in [-0.2, -0.15) is 0 Å². The maximum Gasteiger partial charge on any atom is 0.301 e. The monoisotopic (exact) mass is 501 g/mol. The summed E-state index contributed by atoms with van der Waals surface area (Å²) in [6.07, 6.45) is 0.824. The number of aliphatic hydroxyl groups is 1. The van der Waals surface area contributed by atoms with E-state index in [9.17, 15) is 29.9 Å². The van der Waals surface area contributed by atoms with Crippen LogP contribution in [-0.4, -0.2) is 31.8 Å². The number of hydrogen-bond acceptors (Lipinski definition) is 8. The molecule has 0 saturated carbocycles. The van der Waals surface area contributed by atoms with Gasteiger partial charge in [0.25, 0.3) is 11.5 Å². The molecule has 1 unspecified atom stereocenters. The Labute approximate surface area is 208 Å². The summed E-state index contributed by atoms with van der Waals surface area (Å²) in [6.45, 7) is 2.03. The van der Waals surface area contributed by atoms with Crippen molar-refractivity contribution in [2.75, 3.05) is 4.90 Å². The first-order valence-corrected chi connectivity index (χ1v) is 11.8. The third-order valence-electron chi connectivity index (χ3n) is 6.04. The van der Waals surface area contributed by atoms with Crippen molar-refractivity contribution < 1.29 is 24.7 Å². The van der Waals surface area contributed by atoms with Crippen molar-refractivity contribution >= 4 is 49.8 Å². The largest absolute Gasteiger partial charge is 0.508 e. The van der Waals surface area contributed by atoms with Gasteiger partial charge >= 0.3 is 5.91 Å². The second-order valence-corrected chi connectivity index (χ2v) is 9.23. The van der Waals surface area contributed by atoms with Gasteiger partial charge in [0.2, 0.25) is 0 Å². The van der Waals surface area contributed by atoms with Crippen LogP contribution in [0.15, 0.2) is 72.3 Å². The Bertz CT molecular complexity index is 1570. The highest BCUT2D eigenvalue weighted by Crippen LogP contribution is 2.44. The molecule has 3 aromatic carbocycles. The number of anilines is 1. The molecule has 0 spiro atoms. The van der Waals surface area contributed by atoms with Gasteiger partial charge in [0.15, 0.2) is 5.13 Å². The number of aromatic nitrogens is 1. The smallest absolute Gasteiger partial charge is 0.301 e. The summed E-state index contributed by atoms with van der Waals surface area (Å²) in [4.78, 5) is 43.0. The van der Waals surface area contributed by atoms with Gasteiger partial charge in [-0.05, 0) is 41.8 Å². The number of nitro groups is 1. The van der Waals surface area contributed by atoms with E-state index in [4.69, 9.17) is 0 Å². The van der Waals surface area contributed by atoms with E-state index in [0.29, 0.717) is 11.1 Å². The highest BCUT2D eigenvalue weighted by atomic mass is 32.1. The van der Waals surface area contributed by atoms with Crippen LogP contribution in [0.4, 0.5) is 10.8 Å². The number of nitrogens with zero attached hydrogens (tertiary/aromatic N) is 3. The van der Waals surface area contributed by atoms with Crippen LogP contribution in [-0.2, 0) is 16.0 Å². The van der Waals surface area contributed by atoms with Crippen LogP contribution in [0.1, 0.15) is 29.7 Å². The van der Waals surface area contributed by atoms with Crippen molar-refractivity contribution in [2.24, 2.45) is 0 Å². The van der Waals surface area contributed by atoms with E-state index in [-0.39, 0.29) is 27.7 Å². The molecule has 2 heterocycles. The Hall–Kier alpha value is -4.57. The number of benzene rings is 3. The fourth-order valence-electron chi connectivity index (χ4n) is 4.20. The lowest BCUT2D eigenvalue weighted by molar-refractivity contribution is -0.384. The number of aromatic hydroxyl groups is 1. The maximum atomic E-state index is 13.3. The van der Waals surface area contributed by atoms with Crippen LogP contribution in [0, 0.1) is 10.1 Å². The first kappa shape index (κ1) is 23.2. The maximum absolute atomic E-state index is 13.3. The second kappa shape index (κ2) is 8.90. The number of phenolic OH excluding ortho intramolecular Hbond substituents is 1. The number of thiazole rings is 1. The molecule has 1 saturated heterocycles. The number of hydrogen-bond donors (Lipinski definition) is 2. The Morgan fingerprint density at radius 3 is 2.56 bits per heavy atom. The summed E-state index contributed by atoms with van der Waals surface area (Å²) in [5, 5.41) is 32.5. The predicted octanol–water partition coefficient (Wildman–Crippen LogP) is 5.10. The van der Waals surface area contributed by atoms with Crippen molar-refractivity contribution in [2.45, 2.75) is 19.4 Å². The van der Waals surface area contributed by atoms with Crippen LogP contribution in [0.3, 0.4) is 0 Å². The number of non-ortho nitro benzene ring substituents is 1. The zero-order valence-electron chi connectivity index (χ0n) is 18.9. The highest BCUT2D eigenvalue weighted by molar-refractivity contribution is 7.22. The van der Waals surface area contributed by atoms with E-state index in [1.165, 1.54) is 46.6 Å². The summed E-state index contributed by atoms with van der Waals surface area (Å²) < 4.78 is 0.842. The molecular formula is C26H19N3O6S. The molecule has 1 amide bonds. The fraction of sp³-hybridized carbons (Fsp3) is 0.115. The minimum absolute atomic E-state index is 0.0125. The normalized spacial score (nSPS) is 17.1. The molecule has 1 aromatic heterocycles. The van der Waals surface area contributed by atoms with Crippen molar-refractivity contribution in [3.05, 3.63) is 99.1 Å². The van der Waals surface area contributed by atoms with E-state index in [2.05, 4.69) is 4.98 Å². The van der Waals surface area contributed by atoms with E-state index in [1.54, 1.807) is 12.1 Å². The fourth-order valence-corrected chi connectivity index (χ4v) is 5.26.